The molecule has 0 amide bonds. The monoisotopic (exact) mass is 328 g/mol. The van der Waals surface area contributed by atoms with Crippen LogP contribution in [0.5, 0.6) is 0 Å². The van der Waals surface area contributed by atoms with Crippen LogP contribution in [0.3, 0.4) is 0 Å². The summed E-state index contributed by atoms with van der Waals surface area (Å²) in [6.45, 7) is 5.09. The number of thioether (sulfide) groups is 1. The third-order valence-electron chi connectivity index (χ3n) is 2.52. The number of Topliss-reactive ketones (excluding diaryl/α,β-unsaturated/α-hetero) is 1. The topological polar surface area (TPSA) is 52.9 Å². The summed E-state index contributed by atoms with van der Waals surface area (Å²) in [4.78, 5) is 12.0. The number of allylic oxidation sites excluding steroid dienone is 1. The summed E-state index contributed by atoms with van der Waals surface area (Å²) in [5, 5.41) is 11.7. The second kappa shape index (κ2) is 6.88. The zero-order valence-corrected chi connectivity index (χ0v) is 13.1. The summed E-state index contributed by atoms with van der Waals surface area (Å²) >= 11 is -0.203. The molecule has 0 atom stereocenters. The van der Waals surface area contributed by atoms with Crippen molar-refractivity contribution in [2.24, 2.45) is 5.41 Å². The molecular weight excluding hydrogens is 313 g/mol. The van der Waals surface area contributed by atoms with Crippen LogP contribution in [0, 0.1) is 16.7 Å². The van der Waals surface area contributed by atoms with Crippen molar-refractivity contribution in [1.82, 2.24) is 0 Å². The molecule has 0 fully saturated rings. The Bertz CT molecular complexity index is 608. The van der Waals surface area contributed by atoms with E-state index in [0.29, 0.717) is 5.69 Å². The number of carbonyl (C=O) groups is 1. The number of halogens is 3. The van der Waals surface area contributed by atoms with Crippen LogP contribution in [0.25, 0.3) is 0 Å². The summed E-state index contributed by atoms with van der Waals surface area (Å²) in [5.41, 5.74) is -4.57. The van der Waals surface area contributed by atoms with Gasteiger partial charge in [0.1, 0.15) is 11.6 Å². The number of nitrogens with one attached hydrogen (secondary N) is 1. The van der Waals surface area contributed by atoms with Gasteiger partial charge in [0.15, 0.2) is 5.78 Å². The Morgan fingerprint density at radius 3 is 2.18 bits per heavy atom. The second-order valence-corrected chi connectivity index (χ2v) is 6.60. The Morgan fingerprint density at radius 1 is 1.23 bits per heavy atom. The number of nitriles is 1. The third kappa shape index (κ3) is 5.82. The zero-order valence-electron chi connectivity index (χ0n) is 12.3. The van der Waals surface area contributed by atoms with E-state index in [9.17, 15) is 18.0 Å². The molecule has 0 aliphatic rings. The smallest absolute Gasteiger partial charge is 0.360 e. The molecule has 1 aromatic rings. The summed E-state index contributed by atoms with van der Waals surface area (Å²) in [5.74, 6) is -0.313. The van der Waals surface area contributed by atoms with Gasteiger partial charge < -0.3 is 5.32 Å². The fourth-order valence-corrected chi connectivity index (χ4v) is 2.00. The van der Waals surface area contributed by atoms with Crippen molar-refractivity contribution < 1.29 is 18.0 Å². The van der Waals surface area contributed by atoms with E-state index >= 15 is 0 Å². The molecule has 0 heterocycles. The van der Waals surface area contributed by atoms with E-state index in [1.54, 1.807) is 20.8 Å². The molecule has 1 rings (SSSR count). The molecule has 0 spiro atoms. The van der Waals surface area contributed by atoms with Gasteiger partial charge in [-0.3, -0.25) is 4.79 Å². The Kier molecular flexibility index (Phi) is 5.66. The number of hydrogen-bond acceptors (Lipinski definition) is 4. The molecule has 1 aromatic carbocycles. The van der Waals surface area contributed by atoms with Crippen molar-refractivity contribution in [2.45, 2.75) is 31.2 Å². The average Bonchev–Trinajstić information content (AvgIpc) is 2.38. The molecule has 0 aliphatic heterocycles. The van der Waals surface area contributed by atoms with Crippen LogP contribution in [0.15, 0.2) is 40.9 Å². The van der Waals surface area contributed by atoms with E-state index in [-0.39, 0.29) is 28.0 Å². The molecule has 0 aliphatic carbocycles. The van der Waals surface area contributed by atoms with E-state index in [2.05, 4.69) is 5.32 Å². The number of rotatable bonds is 4. The van der Waals surface area contributed by atoms with Crippen molar-refractivity contribution in [3.05, 3.63) is 36.0 Å². The molecule has 0 saturated carbocycles. The van der Waals surface area contributed by atoms with Gasteiger partial charge >= 0.3 is 5.51 Å². The number of alkyl halides is 3. The van der Waals surface area contributed by atoms with Crippen molar-refractivity contribution in [3.63, 3.8) is 0 Å². The maximum absolute atomic E-state index is 12.2. The quantitative estimate of drug-likeness (QED) is 0.493. The number of benzene rings is 1. The molecule has 1 N–H and O–H groups in total. The van der Waals surface area contributed by atoms with Gasteiger partial charge in [0.25, 0.3) is 0 Å². The van der Waals surface area contributed by atoms with Gasteiger partial charge in [0.2, 0.25) is 0 Å². The maximum atomic E-state index is 12.2. The van der Waals surface area contributed by atoms with Gasteiger partial charge in [-0.2, -0.15) is 18.4 Å². The van der Waals surface area contributed by atoms with E-state index in [4.69, 9.17) is 5.26 Å². The fourth-order valence-electron chi connectivity index (χ4n) is 1.46. The Hall–Kier alpha value is -1.94. The predicted molar refractivity (Wildman–Crippen MR) is 80.1 cm³/mol. The molecule has 0 saturated heterocycles. The van der Waals surface area contributed by atoms with E-state index in [1.807, 2.05) is 6.07 Å². The largest absolute Gasteiger partial charge is 0.446 e. The Labute approximate surface area is 131 Å². The zero-order chi connectivity index (χ0) is 17.0. The first kappa shape index (κ1) is 18.1. The summed E-state index contributed by atoms with van der Waals surface area (Å²) < 4.78 is 36.6. The molecule has 7 heteroatoms. The van der Waals surface area contributed by atoms with E-state index < -0.39 is 10.9 Å². The standard InChI is InChI=1S/C15H15F3N2OS/c1-14(2,3)13(21)10(8-19)9-20-11-4-6-12(7-5-11)22-15(16,17)18/h4-7,9,20H,1-3H3/b10-9-. The van der Waals surface area contributed by atoms with E-state index in [0.717, 1.165) is 0 Å². The fraction of sp³-hybridized carbons (Fsp3) is 0.333. The lowest BCUT2D eigenvalue weighted by molar-refractivity contribution is -0.122. The first-order valence-corrected chi connectivity index (χ1v) is 7.12. The van der Waals surface area contributed by atoms with Crippen molar-refractivity contribution in [3.8, 4) is 6.07 Å². The summed E-state index contributed by atoms with van der Waals surface area (Å²) in [6.07, 6.45) is 1.26. The van der Waals surface area contributed by atoms with Crippen LogP contribution in [-0.2, 0) is 4.79 Å². The van der Waals surface area contributed by atoms with Gasteiger partial charge in [-0.15, -0.1) is 0 Å². The number of nitrogens with zero attached hydrogens (tertiary/aromatic N) is 1. The highest BCUT2D eigenvalue weighted by Crippen LogP contribution is 2.37. The number of hydrogen-bond donors (Lipinski definition) is 1. The molecule has 0 bridgehead atoms. The van der Waals surface area contributed by atoms with Crippen molar-refractivity contribution in [1.29, 1.82) is 5.26 Å². The van der Waals surface area contributed by atoms with E-state index in [1.165, 1.54) is 30.5 Å². The highest BCUT2D eigenvalue weighted by atomic mass is 32.2. The minimum absolute atomic E-state index is 0.0405. The highest BCUT2D eigenvalue weighted by Gasteiger charge is 2.29. The van der Waals surface area contributed by atoms with Crippen LogP contribution in [0.2, 0.25) is 0 Å². The minimum Gasteiger partial charge on any atom is -0.360 e. The lowest BCUT2D eigenvalue weighted by atomic mass is 9.87. The molecule has 3 nitrogen and oxygen atoms in total. The molecule has 118 valence electrons. The maximum Gasteiger partial charge on any atom is 0.446 e. The molecule has 0 unspecified atom stereocenters. The minimum atomic E-state index is -4.33. The SMILES string of the molecule is CC(C)(C)C(=O)/C(C#N)=C\Nc1ccc(SC(F)(F)F)cc1. The third-order valence-corrected chi connectivity index (χ3v) is 3.26. The second-order valence-electron chi connectivity index (χ2n) is 5.47. The number of carbonyl (C=O) groups excluding carboxylic acids is 1. The van der Waals surface area contributed by atoms with Crippen molar-refractivity contribution >= 4 is 23.2 Å². The van der Waals surface area contributed by atoms with Gasteiger partial charge in [0, 0.05) is 22.2 Å². The van der Waals surface area contributed by atoms with Gasteiger partial charge in [-0.25, -0.2) is 0 Å². The van der Waals surface area contributed by atoms with Crippen LogP contribution >= 0.6 is 11.8 Å². The van der Waals surface area contributed by atoms with Gasteiger partial charge in [0.05, 0.1) is 0 Å². The number of ketones is 1. The van der Waals surface area contributed by atoms with Crippen LogP contribution in [-0.4, -0.2) is 11.3 Å². The average molecular weight is 328 g/mol. The van der Waals surface area contributed by atoms with Crippen LogP contribution < -0.4 is 5.32 Å². The molecule has 22 heavy (non-hydrogen) atoms. The predicted octanol–water partition coefficient (Wildman–Crippen LogP) is 4.73. The Balaban J connectivity index is 2.81. The molecular formula is C15H15F3N2OS. The summed E-state index contributed by atoms with van der Waals surface area (Å²) in [6, 6.07) is 7.33. The first-order valence-electron chi connectivity index (χ1n) is 6.30. The normalized spacial score (nSPS) is 12.7. The lowest BCUT2D eigenvalue weighted by Gasteiger charge is -2.15. The molecule has 0 aromatic heterocycles. The van der Waals surface area contributed by atoms with Crippen LogP contribution in [0.4, 0.5) is 18.9 Å². The summed E-state index contributed by atoms with van der Waals surface area (Å²) in [7, 11) is 0. The van der Waals surface area contributed by atoms with Crippen LogP contribution in [0.1, 0.15) is 20.8 Å². The molecule has 0 radical (unpaired) electrons. The highest BCUT2D eigenvalue weighted by molar-refractivity contribution is 8.00. The Morgan fingerprint density at radius 2 is 1.77 bits per heavy atom. The van der Waals surface area contributed by atoms with Crippen molar-refractivity contribution in [2.75, 3.05) is 5.32 Å². The van der Waals surface area contributed by atoms with Gasteiger partial charge in [-0.1, -0.05) is 20.8 Å². The van der Waals surface area contributed by atoms with Gasteiger partial charge in [-0.05, 0) is 36.0 Å². The lowest BCUT2D eigenvalue weighted by Crippen LogP contribution is -2.22. The first-order chi connectivity index (χ1) is 10.0. The number of anilines is 1.